The fraction of sp³-hybridized carbons (Fsp3) is 0.625. The van der Waals surface area contributed by atoms with Crippen molar-refractivity contribution in [1.29, 1.82) is 0 Å². The van der Waals surface area contributed by atoms with Crippen LogP contribution in [-0.2, 0) is 6.18 Å². The summed E-state index contributed by atoms with van der Waals surface area (Å²) >= 11 is 0. The molecule has 1 saturated carbocycles. The highest BCUT2D eigenvalue weighted by Crippen LogP contribution is 2.37. The molecule has 0 bridgehead atoms. The lowest BCUT2D eigenvalue weighted by Crippen LogP contribution is -2.59. The SMILES string of the molecule is Cc1ccc(N2CCNC3(CCCC3)C2)cc1C(F)(F)F. The molecule has 0 aromatic heterocycles. The van der Waals surface area contributed by atoms with Crippen LogP contribution >= 0.6 is 0 Å². The molecule has 21 heavy (non-hydrogen) atoms. The van der Waals surface area contributed by atoms with Gasteiger partial charge in [-0.05, 0) is 37.5 Å². The molecule has 0 amide bonds. The molecule has 2 nitrogen and oxygen atoms in total. The van der Waals surface area contributed by atoms with E-state index in [2.05, 4.69) is 10.2 Å². The molecule has 0 radical (unpaired) electrons. The molecule has 2 aliphatic rings. The Bertz CT molecular complexity index is 519. The topological polar surface area (TPSA) is 15.3 Å². The number of rotatable bonds is 1. The molecule has 3 rings (SSSR count). The molecule has 2 fully saturated rings. The van der Waals surface area contributed by atoms with Crippen LogP contribution in [0.1, 0.15) is 36.8 Å². The summed E-state index contributed by atoms with van der Waals surface area (Å²) in [7, 11) is 0. The van der Waals surface area contributed by atoms with E-state index >= 15 is 0 Å². The fourth-order valence-corrected chi connectivity index (χ4v) is 3.68. The minimum Gasteiger partial charge on any atom is -0.368 e. The Morgan fingerprint density at radius 1 is 1.19 bits per heavy atom. The van der Waals surface area contributed by atoms with Gasteiger partial charge in [0.1, 0.15) is 0 Å². The molecule has 1 N–H and O–H groups in total. The second-order valence-electron chi connectivity index (χ2n) is 6.33. The van der Waals surface area contributed by atoms with E-state index in [9.17, 15) is 13.2 Å². The normalized spacial score (nSPS) is 22.0. The summed E-state index contributed by atoms with van der Waals surface area (Å²) in [5.74, 6) is 0. The van der Waals surface area contributed by atoms with Crippen molar-refractivity contribution in [2.75, 3.05) is 24.5 Å². The summed E-state index contributed by atoms with van der Waals surface area (Å²) in [5.41, 5.74) is 0.582. The van der Waals surface area contributed by atoms with Crippen LogP contribution in [0.3, 0.4) is 0 Å². The number of hydrogen-bond donors (Lipinski definition) is 1. The van der Waals surface area contributed by atoms with Gasteiger partial charge in [0.25, 0.3) is 0 Å². The Morgan fingerprint density at radius 2 is 1.90 bits per heavy atom. The van der Waals surface area contributed by atoms with E-state index < -0.39 is 11.7 Å². The van der Waals surface area contributed by atoms with Crippen LogP contribution in [0.4, 0.5) is 18.9 Å². The van der Waals surface area contributed by atoms with Gasteiger partial charge in [-0.2, -0.15) is 13.2 Å². The van der Waals surface area contributed by atoms with Gasteiger partial charge in [-0.15, -0.1) is 0 Å². The molecule has 5 heteroatoms. The predicted octanol–water partition coefficient (Wildman–Crippen LogP) is 3.74. The Morgan fingerprint density at radius 3 is 2.57 bits per heavy atom. The van der Waals surface area contributed by atoms with E-state index in [1.807, 2.05) is 6.07 Å². The number of benzene rings is 1. The lowest BCUT2D eigenvalue weighted by Gasteiger charge is -2.43. The molecule has 0 unspecified atom stereocenters. The van der Waals surface area contributed by atoms with Crippen LogP contribution in [0.25, 0.3) is 0 Å². The molecule has 1 aromatic carbocycles. The second-order valence-corrected chi connectivity index (χ2v) is 6.33. The van der Waals surface area contributed by atoms with Crippen LogP contribution < -0.4 is 10.2 Å². The summed E-state index contributed by atoms with van der Waals surface area (Å²) in [6, 6.07) is 4.71. The van der Waals surface area contributed by atoms with Gasteiger partial charge in [0.2, 0.25) is 0 Å². The summed E-state index contributed by atoms with van der Waals surface area (Å²) in [5, 5.41) is 3.59. The zero-order valence-corrected chi connectivity index (χ0v) is 12.3. The molecule has 1 aliphatic carbocycles. The van der Waals surface area contributed by atoms with Gasteiger partial charge < -0.3 is 10.2 Å². The van der Waals surface area contributed by atoms with E-state index in [4.69, 9.17) is 0 Å². The molecule has 1 heterocycles. The number of halogens is 3. The first-order chi connectivity index (χ1) is 9.90. The number of alkyl halides is 3. The minimum atomic E-state index is -4.28. The van der Waals surface area contributed by atoms with Crippen LogP contribution in [0.5, 0.6) is 0 Å². The number of piperazine rings is 1. The van der Waals surface area contributed by atoms with Crippen molar-refractivity contribution in [3.8, 4) is 0 Å². The van der Waals surface area contributed by atoms with Crippen molar-refractivity contribution >= 4 is 5.69 Å². The molecule has 1 saturated heterocycles. The van der Waals surface area contributed by atoms with Crippen molar-refractivity contribution in [2.24, 2.45) is 0 Å². The number of nitrogens with one attached hydrogen (secondary N) is 1. The third kappa shape index (κ3) is 2.89. The fourth-order valence-electron chi connectivity index (χ4n) is 3.68. The third-order valence-electron chi connectivity index (χ3n) is 4.83. The van der Waals surface area contributed by atoms with Gasteiger partial charge in [0.05, 0.1) is 5.56 Å². The average molecular weight is 298 g/mol. The largest absolute Gasteiger partial charge is 0.416 e. The first-order valence-corrected chi connectivity index (χ1v) is 7.58. The maximum atomic E-state index is 13.1. The quantitative estimate of drug-likeness (QED) is 0.849. The third-order valence-corrected chi connectivity index (χ3v) is 4.83. The summed E-state index contributed by atoms with van der Waals surface area (Å²) in [6.07, 6.45) is 0.396. The molecule has 116 valence electrons. The number of anilines is 1. The standard InChI is InChI=1S/C16H21F3N2/c1-12-4-5-13(10-14(12)16(17,18)19)21-9-8-20-15(11-21)6-2-3-7-15/h4-5,10,20H,2-3,6-9,11H2,1H3. The van der Waals surface area contributed by atoms with Gasteiger partial charge >= 0.3 is 6.18 Å². The van der Waals surface area contributed by atoms with Gasteiger partial charge in [-0.3, -0.25) is 0 Å². The van der Waals surface area contributed by atoms with E-state index in [1.54, 1.807) is 6.07 Å². The van der Waals surface area contributed by atoms with E-state index in [-0.39, 0.29) is 11.1 Å². The second kappa shape index (κ2) is 5.20. The van der Waals surface area contributed by atoms with Crippen LogP contribution in [0.2, 0.25) is 0 Å². The summed E-state index contributed by atoms with van der Waals surface area (Å²) in [4.78, 5) is 2.11. The highest BCUT2D eigenvalue weighted by Gasteiger charge is 2.38. The molecular weight excluding hydrogens is 277 g/mol. The average Bonchev–Trinajstić information content (AvgIpc) is 2.86. The maximum absolute atomic E-state index is 13.1. The highest BCUT2D eigenvalue weighted by atomic mass is 19.4. The lowest BCUT2D eigenvalue weighted by molar-refractivity contribution is -0.138. The first kappa shape index (κ1) is 14.7. The van der Waals surface area contributed by atoms with Crippen molar-refractivity contribution in [3.05, 3.63) is 29.3 Å². The maximum Gasteiger partial charge on any atom is 0.416 e. The smallest absolute Gasteiger partial charge is 0.368 e. The van der Waals surface area contributed by atoms with Crippen LogP contribution in [-0.4, -0.2) is 25.2 Å². The van der Waals surface area contributed by atoms with Crippen molar-refractivity contribution < 1.29 is 13.2 Å². The zero-order valence-electron chi connectivity index (χ0n) is 12.3. The molecule has 1 aromatic rings. The van der Waals surface area contributed by atoms with Crippen LogP contribution in [0.15, 0.2) is 18.2 Å². The predicted molar refractivity (Wildman–Crippen MR) is 77.6 cm³/mol. The van der Waals surface area contributed by atoms with Gasteiger partial charge in [0.15, 0.2) is 0 Å². The number of hydrogen-bond acceptors (Lipinski definition) is 2. The summed E-state index contributed by atoms with van der Waals surface area (Å²) in [6.45, 7) is 3.94. The zero-order chi connectivity index (χ0) is 15.1. The highest BCUT2D eigenvalue weighted by molar-refractivity contribution is 5.52. The van der Waals surface area contributed by atoms with Crippen molar-refractivity contribution in [2.45, 2.75) is 44.3 Å². The number of nitrogens with zero attached hydrogens (tertiary/aromatic N) is 1. The van der Waals surface area contributed by atoms with Gasteiger partial charge in [-0.1, -0.05) is 18.9 Å². The van der Waals surface area contributed by atoms with E-state index in [0.29, 0.717) is 5.69 Å². The lowest BCUT2D eigenvalue weighted by atomic mass is 9.94. The van der Waals surface area contributed by atoms with E-state index in [1.165, 1.54) is 25.8 Å². The first-order valence-electron chi connectivity index (χ1n) is 7.58. The Balaban J connectivity index is 1.86. The molecule has 1 aliphatic heterocycles. The molecule has 1 spiro atoms. The summed E-state index contributed by atoms with van der Waals surface area (Å²) < 4.78 is 39.2. The Hall–Kier alpha value is -1.23. The van der Waals surface area contributed by atoms with E-state index in [0.717, 1.165) is 32.5 Å². The van der Waals surface area contributed by atoms with Gasteiger partial charge in [0, 0.05) is 30.9 Å². The van der Waals surface area contributed by atoms with Crippen molar-refractivity contribution in [3.63, 3.8) is 0 Å². The Labute approximate surface area is 123 Å². The molecular formula is C16H21F3N2. The number of aryl methyl sites for hydroxylation is 1. The van der Waals surface area contributed by atoms with Gasteiger partial charge in [-0.25, -0.2) is 0 Å². The molecule has 0 atom stereocenters. The monoisotopic (exact) mass is 298 g/mol. The Kier molecular flexibility index (Phi) is 3.64. The minimum absolute atomic E-state index is 0.113. The van der Waals surface area contributed by atoms with Crippen LogP contribution in [0, 0.1) is 6.92 Å². The van der Waals surface area contributed by atoms with Crippen molar-refractivity contribution in [1.82, 2.24) is 5.32 Å².